The molecule has 1 aromatic heterocycles. The fourth-order valence-electron chi connectivity index (χ4n) is 0.889. The first kappa shape index (κ1) is 9.19. The fraction of sp³-hybridized carbons (Fsp3) is 0.500. The minimum Gasteiger partial charge on any atom is -0.481 e. The molecule has 0 amide bonds. The number of aliphatic carboxylic acids is 1. The maximum atomic E-state index is 10.5. The molecule has 4 heteroatoms. The average Bonchev–Trinajstić information content (AvgIpc) is 2.35. The Hall–Kier alpha value is -0.900. The summed E-state index contributed by atoms with van der Waals surface area (Å²) >= 11 is 1.56. The smallest absolute Gasteiger partial charge is 0.306 e. The van der Waals surface area contributed by atoms with Gasteiger partial charge in [0.25, 0.3) is 0 Å². The van der Waals surface area contributed by atoms with Crippen LogP contribution < -0.4 is 0 Å². The van der Waals surface area contributed by atoms with Crippen LogP contribution in [0.5, 0.6) is 0 Å². The number of hydrogen-bond acceptors (Lipinski definition) is 3. The van der Waals surface area contributed by atoms with Crippen LogP contribution in [-0.4, -0.2) is 16.1 Å². The van der Waals surface area contributed by atoms with Crippen molar-refractivity contribution in [1.29, 1.82) is 0 Å². The number of hydrogen-bond donors (Lipinski definition) is 1. The Morgan fingerprint density at radius 1 is 1.83 bits per heavy atom. The number of aryl methyl sites for hydroxylation is 1. The van der Waals surface area contributed by atoms with Crippen LogP contribution in [0.25, 0.3) is 0 Å². The van der Waals surface area contributed by atoms with Crippen LogP contribution in [-0.2, 0) is 11.2 Å². The second-order valence-corrected chi connectivity index (χ2v) is 4.11. The van der Waals surface area contributed by atoms with Gasteiger partial charge in [-0.25, -0.2) is 4.98 Å². The molecule has 66 valence electrons. The lowest BCUT2D eigenvalue weighted by Crippen LogP contribution is -2.11. The zero-order valence-corrected chi connectivity index (χ0v) is 7.89. The van der Waals surface area contributed by atoms with Gasteiger partial charge < -0.3 is 5.11 Å². The average molecular weight is 185 g/mol. The number of thiazole rings is 1. The van der Waals surface area contributed by atoms with Gasteiger partial charge in [0, 0.05) is 11.1 Å². The molecule has 1 heterocycles. The van der Waals surface area contributed by atoms with Gasteiger partial charge in [-0.05, 0) is 13.3 Å². The standard InChI is InChI=1S/C8H11NO2S/c1-5(8(10)11)3-7-4-9-6(2)12-7/h4-5H,3H2,1-2H3,(H,10,11)/t5-/m0/s1. The van der Waals surface area contributed by atoms with Gasteiger partial charge in [-0.1, -0.05) is 6.92 Å². The topological polar surface area (TPSA) is 50.2 Å². The van der Waals surface area contributed by atoms with Gasteiger partial charge in [-0.3, -0.25) is 4.79 Å². The van der Waals surface area contributed by atoms with Crippen molar-refractivity contribution in [2.24, 2.45) is 5.92 Å². The summed E-state index contributed by atoms with van der Waals surface area (Å²) in [5.74, 6) is -1.06. The molecule has 0 radical (unpaired) electrons. The van der Waals surface area contributed by atoms with E-state index in [2.05, 4.69) is 4.98 Å². The highest BCUT2D eigenvalue weighted by molar-refractivity contribution is 7.11. The highest BCUT2D eigenvalue weighted by atomic mass is 32.1. The Morgan fingerprint density at radius 3 is 2.92 bits per heavy atom. The Balaban J connectivity index is 2.58. The summed E-state index contributed by atoms with van der Waals surface area (Å²) in [6.45, 7) is 3.62. The first-order valence-corrected chi connectivity index (χ1v) is 4.55. The van der Waals surface area contributed by atoms with Crippen LogP contribution in [0.3, 0.4) is 0 Å². The molecule has 0 fully saturated rings. The molecule has 0 aliphatic heterocycles. The summed E-state index contributed by atoms with van der Waals surface area (Å²) in [4.78, 5) is 15.6. The van der Waals surface area contributed by atoms with E-state index >= 15 is 0 Å². The molecule has 0 aromatic carbocycles. The van der Waals surface area contributed by atoms with Crippen LogP contribution >= 0.6 is 11.3 Å². The van der Waals surface area contributed by atoms with Crippen LogP contribution in [0.1, 0.15) is 16.8 Å². The fourth-order valence-corrected chi connectivity index (χ4v) is 1.81. The Kier molecular flexibility index (Phi) is 2.81. The number of aromatic nitrogens is 1. The van der Waals surface area contributed by atoms with E-state index in [1.807, 2.05) is 6.92 Å². The van der Waals surface area contributed by atoms with E-state index in [0.29, 0.717) is 6.42 Å². The third kappa shape index (κ3) is 2.30. The highest BCUT2D eigenvalue weighted by Crippen LogP contribution is 2.15. The van der Waals surface area contributed by atoms with Gasteiger partial charge in [0.2, 0.25) is 0 Å². The molecule has 1 N–H and O–H groups in total. The van der Waals surface area contributed by atoms with E-state index < -0.39 is 5.97 Å². The van der Waals surface area contributed by atoms with E-state index in [9.17, 15) is 4.79 Å². The van der Waals surface area contributed by atoms with Crippen molar-refractivity contribution in [3.63, 3.8) is 0 Å². The van der Waals surface area contributed by atoms with Gasteiger partial charge in [0.05, 0.1) is 10.9 Å². The zero-order chi connectivity index (χ0) is 9.14. The molecule has 0 aliphatic rings. The number of carboxylic acids is 1. The van der Waals surface area contributed by atoms with Crippen molar-refractivity contribution in [3.8, 4) is 0 Å². The molecule has 1 atom stereocenters. The van der Waals surface area contributed by atoms with Crippen molar-refractivity contribution < 1.29 is 9.90 Å². The number of carboxylic acid groups (broad SMARTS) is 1. The van der Waals surface area contributed by atoms with Gasteiger partial charge >= 0.3 is 5.97 Å². The monoisotopic (exact) mass is 185 g/mol. The lowest BCUT2D eigenvalue weighted by atomic mass is 10.1. The normalized spacial score (nSPS) is 12.8. The molecule has 12 heavy (non-hydrogen) atoms. The van der Waals surface area contributed by atoms with Crippen molar-refractivity contribution >= 4 is 17.3 Å². The van der Waals surface area contributed by atoms with Crippen molar-refractivity contribution in [2.45, 2.75) is 20.3 Å². The minimum atomic E-state index is -0.749. The third-order valence-electron chi connectivity index (χ3n) is 1.60. The van der Waals surface area contributed by atoms with E-state index in [1.165, 1.54) is 0 Å². The first-order valence-electron chi connectivity index (χ1n) is 3.73. The highest BCUT2D eigenvalue weighted by Gasteiger charge is 2.12. The predicted octanol–water partition coefficient (Wildman–Crippen LogP) is 1.71. The molecule has 1 rings (SSSR count). The van der Waals surface area contributed by atoms with Crippen LogP contribution in [0, 0.1) is 12.8 Å². The quantitative estimate of drug-likeness (QED) is 0.780. The second kappa shape index (κ2) is 3.67. The summed E-state index contributed by atoms with van der Waals surface area (Å²) in [5, 5.41) is 9.62. The molecule has 3 nitrogen and oxygen atoms in total. The van der Waals surface area contributed by atoms with Crippen molar-refractivity contribution in [1.82, 2.24) is 4.98 Å². The van der Waals surface area contributed by atoms with Gasteiger partial charge in [-0.2, -0.15) is 0 Å². The van der Waals surface area contributed by atoms with E-state index in [1.54, 1.807) is 24.5 Å². The molecular formula is C8H11NO2S. The van der Waals surface area contributed by atoms with Crippen LogP contribution in [0.4, 0.5) is 0 Å². The Morgan fingerprint density at radius 2 is 2.50 bits per heavy atom. The number of carbonyl (C=O) groups is 1. The second-order valence-electron chi connectivity index (χ2n) is 2.79. The summed E-state index contributed by atoms with van der Waals surface area (Å²) in [6.07, 6.45) is 2.33. The summed E-state index contributed by atoms with van der Waals surface area (Å²) < 4.78 is 0. The van der Waals surface area contributed by atoms with Crippen LogP contribution in [0.2, 0.25) is 0 Å². The number of nitrogens with zero attached hydrogens (tertiary/aromatic N) is 1. The van der Waals surface area contributed by atoms with Gasteiger partial charge in [0.1, 0.15) is 0 Å². The molecule has 0 aliphatic carbocycles. The predicted molar refractivity (Wildman–Crippen MR) is 47.4 cm³/mol. The maximum Gasteiger partial charge on any atom is 0.306 e. The molecule has 0 bridgehead atoms. The Bertz CT molecular complexity index is 282. The van der Waals surface area contributed by atoms with Gasteiger partial charge in [0.15, 0.2) is 0 Å². The SMILES string of the molecule is Cc1ncc(C[C@H](C)C(=O)O)s1. The molecule has 0 spiro atoms. The molecule has 0 unspecified atom stereocenters. The lowest BCUT2D eigenvalue weighted by Gasteiger charge is -2.01. The summed E-state index contributed by atoms with van der Waals surface area (Å²) in [5.41, 5.74) is 0. The van der Waals surface area contributed by atoms with E-state index in [0.717, 1.165) is 9.88 Å². The third-order valence-corrected chi connectivity index (χ3v) is 2.53. The maximum absolute atomic E-state index is 10.5. The number of rotatable bonds is 3. The molecule has 1 aromatic rings. The minimum absolute atomic E-state index is 0.315. The summed E-state index contributed by atoms with van der Waals surface area (Å²) in [7, 11) is 0. The largest absolute Gasteiger partial charge is 0.481 e. The lowest BCUT2D eigenvalue weighted by molar-refractivity contribution is -0.141. The zero-order valence-electron chi connectivity index (χ0n) is 7.07. The summed E-state index contributed by atoms with van der Waals surface area (Å²) in [6, 6.07) is 0. The van der Waals surface area contributed by atoms with Gasteiger partial charge in [-0.15, -0.1) is 11.3 Å². The first-order chi connectivity index (χ1) is 5.59. The Labute approximate surface area is 75.1 Å². The van der Waals surface area contributed by atoms with E-state index in [4.69, 9.17) is 5.11 Å². The molecule has 0 saturated carbocycles. The molecular weight excluding hydrogens is 174 g/mol. The molecule has 0 saturated heterocycles. The van der Waals surface area contributed by atoms with Crippen molar-refractivity contribution in [3.05, 3.63) is 16.1 Å². The van der Waals surface area contributed by atoms with E-state index in [-0.39, 0.29) is 5.92 Å². The van der Waals surface area contributed by atoms with Crippen LogP contribution in [0.15, 0.2) is 6.20 Å². The van der Waals surface area contributed by atoms with Crippen molar-refractivity contribution in [2.75, 3.05) is 0 Å².